The molecule has 96 valence electrons. The van der Waals surface area contributed by atoms with Crippen molar-refractivity contribution >= 4 is 17.6 Å². The van der Waals surface area contributed by atoms with Crippen LogP contribution in [0.3, 0.4) is 0 Å². The molecule has 0 fully saturated rings. The predicted molar refractivity (Wildman–Crippen MR) is 68.3 cm³/mol. The zero-order valence-corrected chi connectivity index (χ0v) is 9.81. The fraction of sp³-hybridized carbons (Fsp3) is 0. The van der Waals surface area contributed by atoms with Crippen LogP contribution in [0.1, 0.15) is 11.1 Å². The Morgan fingerprint density at radius 3 is 2.11 bits per heavy atom. The minimum absolute atomic E-state index is 0.0711. The molecule has 0 atom stereocenters. The van der Waals surface area contributed by atoms with Crippen molar-refractivity contribution in [3.8, 4) is 0 Å². The van der Waals surface area contributed by atoms with E-state index in [-0.39, 0.29) is 16.7 Å². The maximum atomic E-state index is 13.6. The second-order valence-corrected chi connectivity index (χ2v) is 3.86. The number of halogens is 2. The Balaban J connectivity index is 2.57. The number of rotatable bonds is 3. The van der Waals surface area contributed by atoms with E-state index in [9.17, 15) is 13.6 Å². The number of benzene rings is 2. The molecule has 2 rings (SSSR count). The van der Waals surface area contributed by atoms with Gasteiger partial charge in [0.1, 0.15) is 11.6 Å². The number of hydrogen-bond acceptors (Lipinski definition) is 1. The van der Waals surface area contributed by atoms with E-state index in [2.05, 4.69) is 0 Å². The molecule has 2 aromatic carbocycles. The molecule has 0 aliphatic heterocycles. The largest absolute Gasteiger partial charge is 0.478 e. The van der Waals surface area contributed by atoms with Gasteiger partial charge in [-0.25, -0.2) is 13.6 Å². The van der Waals surface area contributed by atoms with E-state index in [1.807, 2.05) is 0 Å². The lowest BCUT2D eigenvalue weighted by Gasteiger charge is -2.05. The first-order chi connectivity index (χ1) is 9.09. The summed E-state index contributed by atoms with van der Waals surface area (Å²) >= 11 is 0. The number of hydrogen-bond donors (Lipinski definition) is 1. The third kappa shape index (κ3) is 2.85. The first-order valence-electron chi connectivity index (χ1n) is 5.54. The summed E-state index contributed by atoms with van der Waals surface area (Å²) in [5, 5.41) is 9.15. The average molecular weight is 260 g/mol. The Morgan fingerprint density at radius 1 is 0.947 bits per heavy atom. The van der Waals surface area contributed by atoms with E-state index in [1.165, 1.54) is 36.4 Å². The minimum Gasteiger partial charge on any atom is -0.478 e. The van der Waals surface area contributed by atoms with Gasteiger partial charge in [0.05, 0.1) is 5.57 Å². The highest BCUT2D eigenvalue weighted by Gasteiger charge is 2.15. The van der Waals surface area contributed by atoms with Crippen LogP contribution < -0.4 is 0 Å². The van der Waals surface area contributed by atoms with E-state index in [0.29, 0.717) is 0 Å². The van der Waals surface area contributed by atoms with Crippen LogP contribution in [0, 0.1) is 11.6 Å². The minimum atomic E-state index is -1.31. The van der Waals surface area contributed by atoms with Gasteiger partial charge in [-0.15, -0.1) is 0 Å². The van der Waals surface area contributed by atoms with Gasteiger partial charge in [0, 0.05) is 11.1 Å². The highest BCUT2D eigenvalue weighted by Crippen LogP contribution is 2.22. The fourth-order valence-corrected chi connectivity index (χ4v) is 1.68. The zero-order valence-electron chi connectivity index (χ0n) is 9.81. The molecular formula is C15H10F2O2. The van der Waals surface area contributed by atoms with Gasteiger partial charge in [0.2, 0.25) is 0 Å². The van der Waals surface area contributed by atoms with Crippen molar-refractivity contribution in [1.29, 1.82) is 0 Å². The lowest BCUT2D eigenvalue weighted by Crippen LogP contribution is -2.02. The lowest BCUT2D eigenvalue weighted by molar-refractivity contribution is -0.130. The molecule has 19 heavy (non-hydrogen) atoms. The molecule has 4 heteroatoms. The predicted octanol–water partition coefficient (Wildman–Crippen LogP) is 3.59. The molecule has 0 aromatic heterocycles. The Bertz CT molecular complexity index is 648. The number of carboxylic acids is 1. The summed E-state index contributed by atoms with van der Waals surface area (Å²) in [6, 6.07) is 11.2. The monoisotopic (exact) mass is 260 g/mol. The molecule has 0 amide bonds. The molecule has 0 heterocycles. The molecule has 0 unspecified atom stereocenters. The zero-order chi connectivity index (χ0) is 13.8. The second kappa shape index (κ2) is 5.44. The van der Waals surface area contributed by atoms with E-state index in [4.69, 9.17) is 5.11 Å². The van der Waals surface area contributed by atoms with Crippen molar-refractivity contribution in [3.63, 3.8) is 0 Å². The van der Waals surface area contributed by atoms with E-state index in [0.717, 1.165) is 12.1 Å². The van der Waals surface area contributed by atoms with Crippen LogP contribution in [-0.2, 0) is 4.79 Å². The highest BCUT2D eigenvalue weighted by molar-refractivity contribution is 6.20. The lowest BCUT2D eigenvalue weighted by atomic mass is 10.0. The average Bonchev–Trinajstić information content (AvgIpc) is 2.38. The van der Waals surface area contributed by atoms with Crippen LogP contribution in [0.15, 0.2) is 48.5 Å². The van der Waals surface area contributed by atoms with Gasteiger partial charge in [-0.05, 0) is 18.2 Å². The summed E-state index contributed by atoms with van der Waals surface area (Å²) in [7, 11) is 0. The van der Waals surface area contributed by atoms with Crippen LogP contribution in [0.25, 0.3) is 11.6 Å². The molecule has 0 aliphatic rings. The van der Waals surface area contributed by atoms with Crippen molar-refractivity contribution in [3.05, 3.63) is 71.3 Å². The molecule has 0 aliphatic carbocycles. The maximum Gasteiger partial charge on any atom is 0.336 e. The smallest absolute Gasteiger partial charge is 0.336 e. The molecule has 0 saturated heterocycles. The van der Waals surface area contributed by atoms with Gasteiger partial charge in [0.25, 0.3) is 0 Å². The van der Waals surface area contributed by atoms with Crippen molar-refractivity contribution in [2.45, 2.75) is 0 Å². The highest BCUT2D eigenvalue weighted by atomic mass is 19.1. The first kappa shape index (κ1) is 13.0. The maximum absolute atomic E-state index is 13.6. The van der Waals surface area contributed by atoms with E-state index < -0.39 is 17.6 Å². The van der Waals surface area contributed by atoms with Crippen molar-refractivity contribution in [1.82, 2.24) is 0 Å². The summed E-state index contributed by atoms with van der Waals surface area (Å²) in [5.41, 5.74) is -0.260. The molecule has 0 spiro atoms. The Kier molecular flexibility index (Phi) is 3.71. The molecule has 0 radical (unpaired) electrons. The third-order valence-electron chi connectivity index (χ3n) is 2.60. The number of aliphatic carboxylic acids is 1. The SMILES string of the molecule is O=C(O)/C(=C/c1ccccc1F)c1ccccc1F. The summed E-state index contributed by atoms with van der Waals surface area (Å²) < 4.78 is 27.1. The van der Waals surface area contributed by atoms with Crippen LogP contribution in [-0.4, -0.2) is 11.1 Å². The number of carbonyl (C=O) groups is 1. The third-order valence-corrected chi connectivity index (χ3v) is 2.60. The van der Waals surface area contributed by atoms with Crippen LogP contribution in [0.4, 0.5) is 8.78 Å². The van der Waals surface area contributed by atoms with Gasteiger partial charge in [0.15, 0.2) is 0 Å². The van der Waals surface area contributed by atoms with Gasteiger partial charge in [-0.1, -0.05) is 36.4 Å². The molecule has 2 nitrogen and oxygen atoms in total. The second-order valence-electron chi connectivity index (χ2n) is 3.86. The van der Waals surface area contributed by atoms with E-state index >= 15 is 0 Å². The van der Waals surface area contributed by atoms with Crippen LogP contribution in [0.5, 0.6) is 0 Å². The molecule has 0 bridgehead atoms. The Labute approximate surface area is 108 Å². The molecule has 0 saturated carbocycles. The standard InChI is InChI=1S/C15H10F2O2/c16-13-7-3-1-5-10(13)9-12(15(18)19)11-6-2-4-8-14(11)17/h1-9H,(H,18,19)/b12-9+. The quantitative estimate of drug-likeness (QED) is 0.676. The van der Waals surface area contributed by atoms with E-state index in [1.54, 1.807) is 6.07 Å². The summed E-state index contributed by atoms with van der Waals surface area (Å²) in [5.74, 6) is -2.53. The topological polar surface area (TPSA) is 37.3 Å². The van der Waals surface area contributed by atoms with Crippen molar-refractivity contribution in [2.75, 3.05) is 0 Å². The number of carboxylic acid groups (broad SMARTS) is 1. The van der Waals surface area contributed by atoms with Crippen molar-refractivity contribution < 1.29 is 18.7 Å². The van der Waals surface area contributed by atoms with Crippen LogP contribution >= 0.6 is 0 Å². The van der Waals surface area contributed by atoms with Crippen molar-refractivity contribution in [2.24, 2.45) is 0 Å². The Hall–Kier alpha value is -2.49. The molecular weight excluding hydrogens is 250 g/mol. The summed E-state index contributed by atoms with van der Waals surface area (Å²) in [6.07, 6.45) is 1.12. The first-order valence-corrected chi connectivity index (χ1v) is 5.54. The van der Waals surface area contributed by atoms with Gasteiger partial charge in [-0.2, -0.15) is 0 Å². The molecule has 2 aromatic rings. The Morgan fingerprint density at radius 2 is 1.53 bits per heavy atom. The summed E-state index contributed by atoms with van der Waals surface area (Å²) in [4.78, 5) is 11.2. The normalized spacial score (nSPS) is 11.4. The van der Waals surface area contributed by atoms with Gasteiger partial charge in [-0.3, -0.25) is 0 Å². The fourth-order valence-electron chi connectivity index (χ4n) is 1.68. The van der Waals surface area contributed by atoms with Gasteiger partial charge < -0.3 is 5.11 Å². The van der Waals surface area contributed by atoms with Crippen LogP contribution in [0.2, 0.25) is 0 Å². The van der Waals surface area contributed by atoms with Gasteiger partial charge >= 0.3 is 5.97 Å². The summed E-state index contributed by atoms with van der Waals surface area (Å²) in [6.45, 7) is 0. The molecule has 1 N–H and O–H groups in total.